The molecular formula is C128H86N2S2. The van der Waals surface area contributed by atoms with Crippen LogP contribution in [0.5, 0.6) is 0 Å². The summed E-state index contributed by atoms with van der Waals surface area (Å²) in [5.41, 5.74) is 38.2. The smallest absolute Gasteiger partial charge is 0.0713 e. The Morgan fingerprint density at radius 3 is 0.712 bits per heavy atom. The number of para-hydroxylation sites is 1. The standard InChI is InChI=1S/C67H45NS.C61H41NS/c1-5-17-46(18-6-1)48-29-36-55(37-30-48)68(56-38-31-49(32-39-56)47-19-7-2-8-20-47)57-40-33-50(34-41-57)61-43-52(44-62-60-26-14-16-28-65(60)69-66(61)62)51-35-42-59-58-25-13-15-27-63(58)67(64(59)45-51,53-21-9-3-10-22-53)54-23-11-4-12-24-54;1-5-17-42(18-6-1)43-29-34-50(35-30-43)62(49-23-11-4-12-24-49)51-36-31-44(32-37-51)55-39-46(40-56-54-26-14-16-28-59(54)63-60(55)56)45-33-38-53-52-25-13-15-27-57(52)61(58(53)41-45,47-19-7-2-8-20-47)48-21-9-3-10-22-48/h1-45H;1-41H. The third kappa shape index (κ3) is 13.8. The zero-order chi connectivity index (χ0) is 87.5. The van der Waals surface area contributed by atoms with Crippen molar-refractivity contribution in [3.8, 4) is 100 Å². The summed E-state index contributed by atoms with van der Waals surface area (Å²) in [6.07, 6.45) is 0. The lowest BCUT2D eigenvalue weighted by atomic mass is 9.67. The van der Waals surface area contributed by atoms with E-state index in [1.165, 1.54) is 185 Å². The molecule has 0 aliphatic heterocycles. The number of thiophene rings is 2. The van der Waals surface area contributed by atoms with Crippen molar-refractivity contribution in [2.24, 2.45) is 0 Å². The van der Waals surface area contributed by atoms with Gasteiger partial charge in [0.25, 0.3) is 0 Å². The van der Waals surface area contributed by atoms with Crippen LogP contribution in [0.1, 0.15) is 44.5 Å². The van der Waals surface area contributed by atoms with Gasteiger partial charge in [-0.25, -0.2) is 0 Å². The SMILES string of the molecule is c1ccc(-c2ccc(N(c3ccc(-c4ccccc4)cc3)c3ccc(-c4cc(-c5ccc6c(c5)C(c5ccccc5)(c5ccccc5)c5ccccc5-6)cc5c4sc4ccccc45)cc3)cc2)cc1.c1ccc(-c2ccc(N(c3ccccc3)c3ccc(-c4cc(-c5ccc6c(c5)C(c5ccccc5)(c5ccccc5)c5ccccc5-6)cc5c4sc4ccccc45)cc3)cc2)cc1. The minimum atomic E-state index is -0.474. The molecule has 2 nitrogen and oxygen atoms in total. The summed E-state index contributed by atoms with van der Waals surface area (Å²) >= 11 is 3.77. The Morgan fingerprint density at radius 1 is 0.144 bits per heavy atom. The summed E-state index contributed by atoms with van der Waals surface area (Å²) in [5, 5.41) is 5.16. The summed E-state index contributed by atoms with van der Waals surface area (Å²) in [4.78, 5) is 4.71. The molecule has 0 bridgehead atoms. The van der Waals surface area contributed by atoms with Crippen molar-refractivity contribution in [2.45, 2.75) is 10.8 Å². The second kappa shape index (κ2) is 33.7. The van der Waals surface area contributed by atoms with E-state index in [9.17, 15) is 0 Å². The van der Waals surface area contributed by atoms with Crippen LogP contribution in [0, 0.1) is 0 Å². The van der Waals surface area contributed by atoms with Gasteiger partial charge in [-0.1, -0.05) is 400 Å². The molecular weight excluding hydrogens is 1630 g/mol. The van der Waals surface area contributed by atoms with Gasteiger partial charge in [-0.3, -0.25) is 0 Å². The molecule has 4 heteroatoms. The van der Waals surface area contributed by atoms with Gasteiger partial charge in [-0.05, 0) is 255 Å². The summed E-state index contributed by atoms with van der Waals surface area (Å²) < 4.78 is 5.20. The molecule has 25 rings (SSSR count). The molecule has 0 saturated heterocycles. The maximum absolute atomic E-state index is 2.49. The fraction of sp³-hybridized carbons (Fsp3) is 0.0156. The Balaban J connectivity index is 0.000000146. The van der Waals surface area contributed by atoms with Gasteiger partial charge in [0.05, 0.1) is 10.8 Å². The summed E-state index contributed by atoms with van der Waals surface area (Å²) in [6.45, 7) is 0. The van der Waals surface area contributed by atoms with Gasteiger partial charge in [0, 0.05) is 85.6 Å². The van der Waals surface area contributed by atoms with Gasteiger partial charge < -0.3 is 9.80 Å². The lowest BCUT2D eigenvalue weighted by Crippen LogP contribution is -2.28. The Hall–Kier alpha value is -16.3. The van der Waals surface area contributed by atoms with Crippen LogP contribution in [0.15, 0.2) is 522 Å². The quantitative estimate of drug-likeness (QED) is 0.0896. The predicted molar refractivity (Wildman–Crippen MR) is 561 cm³/mol. The van der Waals surface area contributed by atoms with Gasteiger partial charge in [0.15, 0.2) is 0 Å². The number of fused-ring (bicyclic) bond motifs is 12. The van der Waals surface area contributed by atoms with E-state index in [0.717, 1.165) is 34.1 Å². The van der Waals surface area contributed by atoms with Crippen LogP contribution in [0.2, 0.25) is 0 Å². The van der Waals surface area contributed by atoms with Gasteiger partial charge in [0.2, 0.25) is 0 Å². The molecule has 23 aromatic rings. The number of benzene rings is 21. The van der Waals surface area contributed by atoms with Gasteiger partial charge in [-0.15, -0.1) is 22.7 Å². The number of nitrogens with zero attached hydrogens (tertiary/aromatic N) is 2. The minimum absolute atomic E-state index is 0.464. The molecule has 2 aromatic heterocycles. The van der Waals surface area contributed by atoms with E-state index >= 15 is 0 Å². The van der Waals surface area contributed by atoms with Crippen LogP contribution < -0.4 is 9.80 Å². The van der Waals surface area contributed by atoms with Crippen molar-refractivity contribution < 1.29 is 0 Å². The van der Waals surface area contributed by atoms with E-state index in [1.54, 1.807) is 0 Å². The molecule has 2 aliphatic carbocycles. The van der Waals surface area contributed by atoms with Crippen LogP contribution in [-0.4, -0.2) is 0 Å². The molecule has 0 fully saturated rings. The Morgan fingerprint density at radius 2 is 0.386 bits per heavy atom. The summed E-state index contributed by atoms with van der Waals surface area (Å²) in [7, 11) is 0. The molecule has 0 saturated carbocycles. The third-order valence-electron chi connectivity index (χ3n) is 27.1. The van der Waals surface area contributed by atoms with E-state index in [1.807, 2.05) is 22.7 Å². The van der Waals surface area contributed by atoms with Crippen LogP contribution in [0.25, 0.3) is 140 Å². The van der Waals surface area contributed by atoms with Crippen molar-refractivity contribution in [1.82, 2.24) is 0 Å². The topological polar surface area (TPSA) is 6.48 Å². The number of anilines is 6. The molecule has 2 aliphatic rings. The van der Waals surface area contributed by atoms with E-state index in [-0.39, 0.29) is 0 Å². The van der Waals surface area contributed by atoms with Crippen molar-refractivity contribution >= 4 is 97.1 Å². The highest BCUT2D eigenvalue weighted by Crippen LogP contribution is 2.60. The largest absolute Gasteiger partial charge is 0.311 e. The molecule has 0 spiro atoms. The molecule has 132 heavy (non-hydrogen) atoms. The number of hydrogen-bond acceptors (Lipinski definition) is 4. The Labute approximate surface area is 778 Å². The second-order valence-corrected chi connectivity index (χ2v) is 36.5. The molecule has 0 unspecified atom stereocenters. The van der Waals surface area contributed by atoms with Gasteiger partial charge in [-0.2, -0.15) is 0 Å². The molecule has 0 atom stereocenters. The zero-order valence-corrected chi connectivity index (χ0v) is 74.0. The third-order valence-corrected chi connectivity index (χ3v) is 29.6. The maximum Gasteiger partial charge on any atom is 0.0713 e. The fourth-order valence-corrected chi connectivity index (χ4v) is 23.5. The molecule has 21 aromatic carbocycles. The van der Waals surface area contributed by atoms with Crippen molar-refractivity contribution in [1.29, 1.82) is 0 Å². The summed E-state index contributed by atoms with van der Waals surface area (Å²) in [5.74, 6) is 0. The average Bonchev–Trinajstić information content (AvgIpc) is 1.54. The average molecular weight is 1720 g/mol. The van der Waals surface area contributed by atoms with Gasteiger partial charge in [0.1, 0.15) is 0 Å². The van der Waals surface area contributed by atoms with Crippen LogP contribution in [-0.2, 0) is 10.8 Å². The van der Waals surface area contributed by atoms with E-state index in [4.69, 9.17) is 0 Å². The molecule has 0 N–H and O–H groups in total. The zero-order valence-electron chi connectivity index (χ0n) is 72.4. The summed E-state index contributed by atoms with van der Waals surface area (Å²) in [6, 6.07) is 192. The lowest BCUT2D eigenvalue weighted by molar-refractivity contribution is 0.769. The van der Waals surface area contributed by atoms with Crippen molar-refractivity contribution in [2.75, 3.05) is 9.80 Å². The molecule has 0 radical (unpaired) electrons. The minimum Gasteiger partial charge on any atom is -0.311 e. The van der Waals surface area contributed by atoms with Crippen molar-refractivity contribution in [3.05, 3.63) is 566 Å². The monoisotopic (exact) mass is 1710 g/mol. The lowest BCUT2D eigenvalue weighted by Gasteiger charge is -2.34. The number of rotatable bonds is 17. The van der Waals surface area contributed by atoms with E-state index in [0.29, 0.717) is 0 Å². The first-order valence-electron chi connectivity index (χ1n) is 45.4. The highest BCUT2D eigenvalue weighted by atomic mass is 32.1. The highest BCUT2D eigenvalue weighted by molar-refractivity contribution is 7.26. The van der Waals surface area contributed by atoms with Crippen molar-refractivity contribution in [3.63, 3.8) is 0 Å². The van der Waals surface area contributed by atoms with Gasteiger partial charge >= 0.3 is 0 Å². The maximum atomic E-state index is 2.49. The first-order chi connectivity index (χ1) is 65.4. The normalized spacial score (nSPS) is 12.5. The van der Waals surface area contributed by atoms with E-state index < -0.39 is 10.8 Å². The molecule has 2 heterocycles. The molecule has 620 valence electrons. The Bertz CT molecular complexity index is 8000. The van der Waals surface area contributed by atoms with Crippen LogP contribution >= 0.6 is 22.7 Å². The highest BCUT2D eigenvalue weighted by Gasteiger charge is 2.48. The second-order valence-electron chi connectivity index (χ2n) is 34.4. The predicted octanol–water partition coefficient (Wildman–Crippen LogP) is 35.4. The fourth-order valence-electron chi connectivity index (χ4n) is 21.0. The molecule has 0 amide bonds. The number of hydrogen-bond donors (Lipinski definition) is 0. The first kappa shape index (κ1) is 79.1. The van der Waals surface area contributed by atoms with E-state index in [2.05, 4.69) is 532 Å². The van der Waals surface area contributed by atoms with Crippen LogP contribution in [0.4, 0.5) is 34.1 Å². The Kier molecular flexibility index (Phi) is 20.2. The van der Waals surface area contributed by atoms with Crippen LogP contribution in [0.3, 0.4) is 0 Å². The first-order valence-corrected chi connectivity index (χ1v) is 47.0.